The zero-order valence-electron chi connectivity index (χ0n) is 11.3. The van der Waals surface area contributed by atoms with Crippen molar-refractivity contribution in [1.82, 2.24) is 9.97 Å². The second-order valence-electron chi connectivity index (χ2n) is 4.44. The molecule has 0 unspecified atom stereocenters. The van der Waals surface area contributed by atoms with Crippen LogP contribution < -0.4 is 9.64 Å². The van der Waals surface area contributed by atoms with Crippen LogP contribution in [-0.2, 0) is 6.42 Å². The summed E-state index contributed by atoms with van der Waals surface area (Å²) in [6.45, 7) is 0.417. The average molecular weight is 296 g/mol. The van der Waals surface area contributed by atoms with E-state index in [1.54, 1.807) is 19.0 Å². The highest BCUT2D eigenvalue weighted by atomic mass is 35.5. The molecule has 0 atom stereocenters. The predicted molar refractivity (Wildman–Crippen MR) is 77.0 cm³/mol. The Kier molecular flexibility index (Phi) is 4.74. The van der Waals surface area contributed by atoms with Crippen LogP contribution in [0.15, 0.2) is 30.5 Å². The number of aromatic nitrogens is 2. The van der Waals surface area contributed by atoms with Crippen LogP contribution in [0.2, 0.25) is 5.02 Å². The molecule has 106 valence electrons. The zero-order chi connectivity index (χ0) is 14.5. The molecule has 2 rings (SSSR count). The van der Waals surface area contributed by atoms with Gasteiger partial charge >= 0.3 is 6.01 Å². The molecule has 0 amide bonds. The van der Waals surface area contributed by atoms with Gasteiger partial charge < -0.3 is 9.64 Å². The van der Waals surface area contributed by atoms with Gasteiger partial charge in [0.1, 0.15) is 0 Å². The summed E-state index contributed by atoms with van der Waals surface area (Å²) in [6.07, 6.45) is 1.81. The minimum absolute atomic E-state index is 0.170. The standard InChI is InChI=1S/C14H15ClFN3O/c1-19(2)13-12(16)9-17-14(18-13)20-8-7-10-3-5-11(15)6-4-10/h3-6,9H,7-8H2,1-2H3. The van der Waals surface area contributed by atoms with Gasteiger partial charge in [-0.2, -0.15) is 4.98 Å². The van der Waals surface area contributed by atoms with Crippen LogP contribution in [-0.4, -0.2) is 30.7 Å². The van der Waals surface area contributed by atoms with Gasteiger partial charge in [-0.25, -0.2) is 9.37 Å². The van der Waals surface area contributed by atoms with E-state index in [9.17, 15) is 4.39 Å². The van der Waals surface area contributed by atoms with E-state index in [1.807, 2.05) is 24.3 Å². The van der Waals surface area contributed by atoms with Crippen molar-refractivity contribution in [2.45, 2.75) is 6.42 Å². The maximum Gasteiger partial charge on any atom is 0.318 e. The van der Waals surface area contributed by atoms with Gasteiger partial charge in [-0.05, 0) is 17.7 Å². The van der Waals surface area contributed by atoms with Gasteiger partial charge in [0.25, 0.3) is 0 Å². The molecular formula is C14H15ClFN3O. The van der Waals surface area contributed by atoms with Crippen molar-refractivity contribution >= 4 is 17.4 Å². The number of anilines is 1. The second kappa shape index (κ2) is 6.52. The molecule has 0 N–H and O–H groups in total. The highest BCUT2D eigenvalue weighted by Crippen LogP contribution is 2.16. The number of benzene rings is 1. The van der Waals surface area contributed by atoms with E-state index in [0.717, 1.165) is 11.8 Å². The number of nitrogens with zero attached hydrogens (tertiary/aromatic N) is 3. The first-order valence-electron chi connectivity index (χ1n) is 6.13. The summed E-state index contributed by atoms with van der Waals surface area (Å²) >= 11 is 5.81. The van der Waals surface area contributed by atoms with Gasteiger partial charge in [-0.15, -0.1) is 0 Å². The van der Waals surface area contributed by atoms with Crippen molar-refractivity contribution in [2.75, 3.05) is 25.6 Å². The second-order valence-corrected chi connectivity index (χ2v) is 4.88. The van der Waals surface area contributed by atoms with Crippen LogP contribution >= 0.6 is 11.6 Å². The third-order valence-corrected chi connectivity index (χ3v) is 2.91. The quantitative estimate of drug-likeness (QED) is 0.850. The van der Waals surface area contributed by atoms with Crippen molar-refractivity contribution in [3.63, 3.8) is 0 Å². The lowest BCUT2D eigenvalue weighted by Crippen LogP contribution is -2.14. The lowest BCUT2D eigenvalue weighted by molar-refractivity contribution is 0.295. The first kappa shape index (κ1) is 14.5. The maximum absolute atomic E-state index is 13.4. The third kappa shape index (κ3) is 3.81. The SMILES string of the molecule is CN(C)c1nc(OCCc2ccc(Cl)cc2)ncc1F. The van der Waals surface area contributed by atoms with Gasteiger partial charge in [-0.3, -0.25) is 0 Å². The predicted octanol–water partition coefficient (Wildman–Crippen LogP) is 2.96. The molecule has 1 heterocycles. The van der Waals surface area contributed by atoms with Crippen molar-refractivity contribution in [2.24, 2.45) is 0 Å². The minimum Gasteiger partial charge on any atom is -0.463 e. The molecule has 2 aromatic rings. The maximum atomic E-state index is 13.4. The summed E-state index contributed by atoms with van der Waals surface area (Å²) in [4.78, 5) is 9.40. The summed E-state index contributed by atoms with van der Waals surface area (Å²) in [5.74, 6) is -0.262. The Morgan fingerprint density at radius 3 is 2.60 bits per heavy atom. The molecule has 20 heavy (non-hydrogen) atoms. The van der Waals surface area contributed by atoms with Gasteiger partial charge in [0.15, 0.2) is 11.6 Å². The number of hydrogen-bond donors (Lipinski definition) is 0. The van der Waals surface area contributed by atoms with E-state index < -0.39 is 5.82 Å². The van der Waals surface area contributed by atoms with Crippen molar-refractivity contribution in [3.8, 4) is 6.01 Å². The Morgan fingerprint density at radius 2 is 1.95 bits per heavy atom. The molecule has 0 spiro atoms. The summed E-state index contributed by atoms with van der Waals surface area (Å²) in [7, 11) is 3.42. The molecule has 0 saturated carbocycles. The Balaban J connectivity index is 1.94. The lowest BCUT2D eigenvalue weighted by Gasteiger charge is -2.12. The molecule has 0 fully saturated rings. The average Bonchev–Trinajstić information content (AvgIpc) is 2.42. The number of ether oxygens (including phenoxy) is 1. The van der Waals surface area contributed by atoms with E-state index >= 15 is 0 Å². The van der Waals surface area contributed by atoms with Crippen LogP contribution in [0.3, 0.4) is 0 Å². The molecule has 1 aromatic heterocycles. The minimum atomic E-state index is -0.472. The molecule has 0 saturated heterocycles. The summed E-state index contributed by atoms with van der Waals surface area (Å²) in [5.41, 5.74) is 1.10. The largest absolute Gasteiger partial charge is 0.463 e. The van der Waals surface area contributed by atoms with Gasteiger partial charge in [0.05, 0.1) is 12.8 Å². The highest BCUT2D eigenvalue weighted by molar-refractivity contribution is 6.30. The first-order valence-corrected chi connectivity index (χ1v) is 6.51. The molecule has 0 aliphatic rings. The molecular weight excluding hydrogens is 281 g/mol. The Bertz CT molecular complexity index is 575. The summed E-state index contributed by atoms with van der Waals surface area (Å²) in [6, 6.07) is 7.69. The van der Waals surface area contributed by atoms with Crippen LogP contribution in [0.25, 0.3) is 0 Å². The van der Waals surface area contributed by atoms with E-state index in [-0.39, 0.29) is 11.8 Å². The summed E-state index contributed by atoms with van der Waals surface area (Å²) < 4.78 is 18.8. The molecule has 6 heteroatoms. The molecule has 1 aromatic carbocycles. The van der Waals surface area contributed by atoms with E-state index in [0.29, 0.717) is 18.1 Å². The molecule has 0 aliphatic heterocycles. The normalized spacial score (nSPS) is 10.4. The Labute approximate surface area is 122 Å². The van der Waals surface area contributed by atoms with Crippen molar-refractivity contribution in [1.29, 1.82) is 0 Å². The fourth-order valence-electron chi connectivity index (χ4n) is 1.64. The fourth-order valence-corrected chi connectivity index (χ4v) is 1.76. The van der Waals surface area contributed by atoms with Crippen molar-refractivity contribution < 1.29 is 9.13 Å². The topological polar surface area (TPSA) is 38.2 Å². The Hall–Kier alpha value is -1.88. The van der Waals surface area contributed by atoms with Crippen LogP contribution in [0, 0.1) is 5.82 Å². The number of rotatable bonds is 5. The van der Waals surface area contributed by atoms with Crippen LogP contribution in [0.4, 0.5) is 10.2 Å². The molecule has 4 nitrogen and oxygen atoms in total. The van der Waals surface area contributed by atoms with Crippen molar-refractivity contribution in [3.05, 3.63) is 46.9 Å². The monoisotopic (exact) mass is 295 g/mol. The molecule has 0 bridgehead atoms. The third-order valence-electron chi connectivity index (χ3n) is 2.66. The zero-order valence-corrected chi connectivity index (χ0v) is 12.1. The lowest BCUT2D eigenvalue weighted by atomic mass is 10.2. The van der Waals surface area contributed by atoms with Gasteiger partial charge in [0.2, 0.25) is 0 Å². The number of hydrogen-bond acceptors (Lipinski definition) is 4. The summed E-state index contributed by atoms with van der Waals surface area (Å²) in [5, 5.41) is 0.701. The number of halogens is 2. The fraction of sp³-hybridized carbons (Fsp3) is 0.286. The van der Waals surface area contributed by atoms with E-state index in [2.05, 4.69) is 9.97 Å². The first-order chi connectivity index (χ1) is 9.56. The highest BCUT2D eigenvalue weighted by Gasteiger charge is 2.09. The van der Waals surface area contributed by atoms with Gasteiger partial charge in [0, 0.05) is 25.5 Å². The van der Waals surface area contributed by atoms with Gasteiger partial charge in [-0.1, -0.05) is 23.7 Å². The van der Waals surface area contributed by atoms with Crippen LogP contribution in [0.1, 0.15) is 5.56 Å². The molecule has 0 radical (unpaired) electrons. The smallest absolute Gasteiger partial charge is 0.318 e. The van der Waals surface area contributed by atoms with E-state index in [1.165, 1.54) is 0 Å². The molecule has 0 aliphatic carbocycles. The van der Waals surface area contributed by atoms with Crippen LogP contribution in [0.5, 0.6) is 6.01 Å². The van der Waals surface area contributed by atoms with E-state index in [4.69, 9.17) is 16.3 Å². The Morgan fingerprint density at radius 1 is 1.25 bits per heavy atom.